The standard InChI is InChI=1S/C14H16ClFO2/c1-2-17-7-8-18-14-10-12(5-3-4-6-15)9-13(16)11-14/h9-11H,2,4,6-8H2,1H3. The molecule has 1 aromatic rings. The predicted molar refractivity (Wildman–Crippen MR) is 70.6 cm³/mol. The summed E-state index contributed by atoms with van der Waals surface area (Å²) >= 11 is 5.51. The van der Waals surface area contributed by atoms with Crippen LogP contribution in [-0.4, -0.2) is 25.7 Å². The quantitative estimate of drug-likeness (QED) is 0.449. The number of benzene rings is 1. The van der Waals surface area contributed by atoms with Crippen molar-refractivity contribution >= 4 is 11.6 Å². The van der Waals surface area contributed by atoms with Crippen molar-refractivity contribution in [3.8, 4) is 17.6 Å². The van der Waals surface area contributed by atoms with Crippen LogP contribution in [0.5, 0.6) is 5.75 Å². The summed E-state index contributed by atoms with van der Waals surface area (Å²) in [5.41, 5.74) is 0.589. The van der Waals surface area contributed by atoms with Crippen LogP contribution in [0.4, 0.5) is 4.39 Å². The van der Waals surface area contributed by atoms with Crippen LogP contribution in [0, 0.1) is 17.7 Å². The first-order chi connectivity index (χ1) is 8.76. The molecule has 98 valence electrons. The fourth-order valence-electron chi connectivity index (χ4n) is 1.29. The zero-order valence-corrected chi connectivity index (χ0v) is 11.1. The Morgan fingerprint density at radius 2 is 2.11 bits per heavy atom. The highest BCUT2D eigenvalue weighted by atomic mass is 35.5. The van der Waals surface area contributed by atoms with Crippen LogP contribution in [-0.2, 0) is 4.74 Å². The van der Waals surface area contributed by atoms with Crippen LogP contribution in [0.1, 0.15) is 18.9 Å². The SMILES string of the molecule is CCOCCOc1cc(F)cc(C#CCCCl)c1. The van der Waals surface area contributed by atoms with E-state index in [4.69, 9.17) is 21.1 Å². The van der Waals surface area contributed by atoms with E-state index in [1.165, 1.54) is 12.1 Å². The van der Waals surface area contributed by atoms with Gasteiger partial charge in [0.1, 0.15) is 18.2 Å². The van der Waals surface area contributed by atoms with E-state index >= 15 is 0 Å². The first kappa shape index (κ1) is 14.8. The monoisotopic (exact) mass is 270 g/mol. The summed E-state index contributed by atoms with van der Waals surface area (Å²) in [6.07, 6.45) is 0.582. The summed E-state index contributed by atoms with van der Waals surface area (Å²) in [7, 11) is 0. The third-order valence-corrected chi connectivity index (χ3v) is 2.21. The topological polar surface area (TPSA) is 18.5 Å². The zero-order chi connectivity index (χ0) is 13.2. The molecule has 0 heterocycles. The highest BCUT2D eigenvalue weighted by Crippen LogP contribution is 2.15. The van der Waals surface area contributed by atoms with Gasteiger partial charge in [-0.1, -0.05) is 11.8 Å². The van der Waals surface area contributed by atoms with Gasteiger partial charge in [0.05, 0.1) is 6.61 Å². The van der Waals surface area contributed by atoms with Gasteiger partial charge in [-0.3, -0.25) is 0 Å². The molecule has 0 aromatic heterocycles. The lowest BCUT2D eigenvalue weighted by atomic mass is 10.2. The normalized spacial score (nSPS) is 9.72. The fourth-order valence-corrected chi connectivity index (χ4v) is 1.39. The van der Waals surface area contributed by atoms with Crippen molar-refractivity contribution in [2.24, 2.45) is 0 Å². The Balaban J connectivity index is 2.60. The number of rotatable bonds is 6. The Kier molecular flexibility index (Phi) is 7.24. The average molecular weight is 271 g/mol. The van der Waals surface area contributed by atoms with E-state index in [0.717, 1.165) is 0 Å². The molecular weight excluding hydrogens is 255 g/mol. The first-order valence-electron chi connectivity index (χ1n) is 5.82. The smallest absolute Gasteiger partial charge is 0.128 e. The molecule has 0 radical (unpaired) electrons. The van der Waals surface area contributed by atoms with Gasteiger partial charge in [-0.25, -0.2) is 4.39 Å². The maximum absolute atomic E-state index is 13.3. The lowest BCUT2D eigenvalue weighted by Crippen LogP contribution is -2.06. The zero-order valence-electron chi connectivity index (χ0n) is 10.3. The largest absolute Gasteiger partial charge is 0.491 e. The molecule has 0 N–H and O–H groups in total. The van der Waals surface area contributed by atoms with E-state index in [9.17, 15) is 4.39 Å². The average Bonchev–Trinajstić information content (AvgIpc) is 2.34. The minimum Gasteiger partial charge on any atom is -0.491 e. The van der Waals surface area contributed by atoms with E-state index in [-0.39, 0.29) is 5.82 Å². The van der Waals surface area contributed by atoms with Crippen molar-refractivity contribution in [1.29, 1.82) is 0 Å². The van der Waals surface area contributed by atoms with Gasteiger partial charge in [0.25, 0.3) is 0 Å². The van der Waals surface area contributed by atoms with Crippen LogP contribution in [0.15, 0.2) is 18.2 Å². The Morgan fingerprint density at radius 1 is 1.28 bits per heavy atom. The maximum atomic E-state index is 13.3. The molecule has 0 saturated heterocycles. The number of alkyl halides is 1. The van der Waals surface area contributed by atoms with Gasteiger partial charge in [-0.15, -0.1) is 11.6 Å². The Labute approximate surface area is 112 Å². The number of hydrogen-bond acceptors (Lipinski definition) is 2. The van der Waals surface area contributed by atoms with Gasteiger partial charge in [0.15, 0.2) is 0 Å². The molecule has 0 aliphatic carbocycles. The van der Waals surface area contributed by atoms with E-state index < -0.39 is 0 Å². The van der Waals surface area contributed by atoms with Gasteiger partial charge in [-0.05, 0) is 19.1 Å². The number of halogens is 2. The van der Waals surface area contributed by atoms with Gasteiger partial charge in [0, 0.05) is 30.5 Å². The van der Waals surface area contributed by atoms with Crippen molar-refractivity contribution in [2.75, 3.05) is 25.7 Å². The van der Waals surface area contributed by atoms with Gasteiger partial charge >= 0.3 is 0 Å². The summed E-state index contributed by atoms with van der Waals surface area (Å²) in [4.78, 5) is 0. The lowest BCUT2D eigenvalue weighted by Gasteiger charge is -2.06. The summed E-state index contributed by atoms with van der Waals surface area (Å²) < 4.78 is 23.8. The summed E-state index contributed by atoms with van der Waals surface area (Å²) in [5.74, 6) is 6.27. The van der Waals surface area contributed by atoms with E-state index in [1.807, 2.05) is 6.92 Å². The lowest BCUT2D eigenvalue weighted by molar-refractivity contribution is 0.110. The van der Waals surface area contributed by atoms with Crippen molar-refractivity contribution in [3.63, 3.8) is 0 Å². The van der Waals surface area contributed by atoms with Crippen LogP contribution >= 0.6 is 11.6 Å². The van der Waals surface area contributed by atoms with E-state index in [2.05, 4.69) is 11.8 Å². The summed E-state index contributed by atoms with van der Waals surface area (Å²) in [6.45, 7) is 3.43. The second kappa shape index (κ2) is 8.79. The molecule has 0 spiro atoms. The molecule has 0 atom stereocenters. The molecule has 18 heavy (non-hydrogen) atoms. The predicted octanol–water partition coefficient (Wildman–Crippen LogP) is 3.22. The highest BCUT2D eigenvalue weighted by molar-refractivity contribution is 6.18. The molecule has 0 fully saturated rings. The third kappa shape index (κ3) is 5.90. The maximum Gasteiger partial charge on any atom is 0.128 e. The molecule has 0 amide bonds. The highest BCUT2D eigenvalue weighted by Gasteiger charge is 2.00. The molecule has 4 heteroatoms. The molecule has 1 aromatic carbocycles. The van der Waals surface area contributed by atoms with E-state index in [0.29, 0.717) is 43.4 Å². The van der Waals surface area contributed by atoms with Gasteiger partial charge in [0.2, 0.25) is 0 Å². The van der Waals surface area contributed by atoms with Crippen LogP contribution in [0.2, 0.25) is 0 Å². The third-order valence-electron chi connectivity index (χ3n) is 2.02. The number of hydrogen-bond donors (Lipinski definition) is 0. The molecule has 2 nitrogen and oxygen atoms in total. The molecule has 0 aliphatic rings. The first-order valence-corrected chi connectivity index (χ1v) is 6.35. The van der Waals surface area contributed by atoms with Crippen molar-refractivity contribution < 1.29 is 13.9 Å². The minimum absolute atomic E-state index is 0.362. The van der Waals surface area contributed by atoms with Gasteiger partial charge in [-0.2, -0.15) is 0 Å². The molecule has 0 unspecified atom stereocenters. The van der Waals surface area contributed by atoms with Crippen molar-refractivity contribution in [1.82, 2.24) is 0 Å². The molecule has 0 saturated carbocycles. The summed E-state index contributed by atoms with van der Waals surface area (Å²) in [5, 5.41) is 0. The second-order valence-corrected chi connectivity index (χ2v) is 3.84. The fraction of sp³-hybridized carbons (Fsp3) is 0.429. The Morgan fingerprint density at radius 3 is 2.83 bits per heavy atom. The van der Waals surface area contributed by atoms with Crippen LogP contribution in [0.25, 0.3) is 0 Å². The van der Waals surface area contributed by atoms with Crippen molar-refractivity contribution in [3.05, 3.63) is 29.6 Å². The molecular formula is C14H16ClFO2. The second-order valence-electron chi connectivity index (χ2n) is 3.46. The minimum atomic E-state index is -0.362. The molecule has 0 aliphatic heterocycles. The Bertz CT molecular complexity index is 424. The Hall–Kier alpha value is -1.24. The summed E-state index contributed by atoms with van der Waals surface area (Å²) in [6, 6.07) is 4.41. The molecule has 1 rings (SSSR count). The molecule has 0 bridgehead atoms. The van der Waals surface area contributed by atoms with Gasteiger partial charge < -0.3 is 9.47 Å². The van der Waals surface area contributed by atoms with Crippen LogP contribution < -0.4 is 4.74 Å². The van der Waals surface area contributed by atoms with Crippen LogP contribution in [0.3, 0.4) is 0 Å². The van der Waals surface area contributed by atoms with E-state index in [1.54, 1.807) is 6.07 Å². The van der Waals surface area contributed by atoms with Crippen molar-refractivity contribution in [2.45, 2.75) is 13.3 Å². The number of ether oxygens (including phenoxy) is 2.